The molecule has 1 atom stereocenters. The van der Waals surface area contributed by atoms with E-state index in [1.54, 1.807) is 0 Å². The van der Waals surface area contributed by atoms with E-state index in [4.69, 9.17) is 17.3 Å². The van der Waals surface area contributed by atoms with Crippen LogP contribution < -0.4 is 11.1 Å². The molecule has 0 saturated carbocycles. The van der Waals surface area contributed by atoms with Crippen molar-refractivity contribution in [3.8, 4) is 0 Å². The highest BCUT2D eigenvalue weighted by Crippen LogP contribution is 2.38. The van der Waals surface area contributed by atoms with Crippen molar-refractivity contribution in [2.45, 2.75) is 45.0 Å². The molecule has 0 radical (unpaired) electrons. The molecule has 3 nitrogen and oxygen atoms in total. The second-order valence-corrected chi connectivity index (χ2v) is 6.00. The number of nitrogens with one attached hydrogen (secondary N) is 1. The van der Waals surface area contributed by atoms with Crippen LogP contribution in [0.2, 0.25) is 5.02 Å². The molecule has 0 aliphatic carbocycles. The number of anilines is 1. The number of hydrogen-bond acceptors (Lipinski definition) is 3. The molecule has 1 aromatic rings. The van der Waals surface area contributed by atoms with Gasteiger partial charge < -0.3 is 16.2 Å². The molecule has 0 fully saturated rings. The van der Waals surface area contributed by atoms with Crippen molar-refractivity contribution in [1.29, 1.82) is 0 Å². The van der Waals surface area contributed by atoms with Crippen LogP contribution in [-0.4, -0.2) is 17.2 Å². The van der Waals surface area contributed by atoms with E-state index in [9.17, 15) is 18.3 Å². The Bertz CT molecular complexity index is 504. The molecular weight excluding hydrogens is 305 g/mol. The van der Waals surface area contributed by atoms with Gasteiger partial charge in [-0.05, 0) is 38.0 Å². The second kappa shape index (κ2) is 6.42. The molecule has 1 unspecified atom stereocenters. The zero-order chi connectivity index (χ0) is 16.4. The first-order valence-electron chi connectivity index (χ1n) is 6.57. The topological polar surface area (TPSA) is 58.3 Å². The molecule has 0 heterocycles. The highest BCUT2D eigenvalue weighted by atomic mass is 35.5. The van der Waals surface area contributed by atoms with Crippen LogP contribution in [-0.2, 0) is 6.18 Å². The van der Waals surface area contributed by atoms with Crippen LogP contribution >= 0.6 is 11.6 Å². The van der Waals surface area contributed by atoms with Crippen molar-refractivity contribution in [2.75, 3.05) is 12.3 Å². The van der Waals surface area contributed by atoms with Crippen molar-refractivity contribution >= 4 is 17.3 Å². The first kappa shape index (κ1) is 18.1. The van der Waals surface area contributed by atoms with Crippen molar-refractivity contribution in [2.24, 2.45) is 0 Å². The number of benzene rings is 1. The number of nitrogens with two attached hydrogens (primary N) is 1. The Balaban J connectivity index is 3.01. The van der Waals surface area contributed by atoms with Crippen LogP contribution in [0, 0.1) is 0 Å². The van der Waals surface area contributed by atoms with Gasteiger partial charge in [0.15, 0.2) is 0 Å². The molecule has 21 heavy (non-hydrogen) atoms. The van der Waals surface area contributed by atoms with Crippen LogP contribution in [0.25, 0.3) is 0 Å². The number of β-amino-alcohol motifs (C(OH)–C–C–N with tert-alkyl or cyclic N) is 1. The second-order valence-electron chi connectivity index (χ2n) is 5.60. The monoisotopic (exact) mass is 324 g/mol. The smallest absolute Gasteiger partial charge is 0.397 e. The Morgan fingerprint density at radius 3 is 2.38 bits per heavy atom. The first-order chi connectivity index (χ1) is 9.48. The molecule has 0 amide bonds. The summed E-state index contributed by atoms with van der Waals surface area (Å²) in [6, 6.07) is 2.10. The van der Waals surface area contributed by atoms with Crippen LogP contribution in [0.1, 0.15) is 44.4 Å². The van der Waals surface area contributed by atoms with E-state index in [2.05, 4.69) is 5.32 Å². The molecule has 1 aromatic carbocycles. The molecule has 0 spiro atoms. The Morgan fingerprint density at radius 1 is 1.33 bits per heavy atom. The summed E-state index contributed by atoms with van der Waals surface area (Å²) in [5.74, 6) is 0. The van der Waals surface area contributed by atoms with Crippen molar-refractivity contribution in [3.05, 3.63) is 28.3 Å². The van der Waals surface area contributed by atoms with Gasteiger partial charge in [-0.25, -0.2) is 0 Å². The summed E-state index contributed by atoms with van der Waals surface area (Å²) in [5.41, 5.74) is 3.67. The van der Waals surface area contributed by atoms with E-state index in [-0.39, 0.29) is 22.7 Å². The number of aliphatic hydroxyl groups excluding tert-OH is 1. The number of alkyl halides is 3. The predicted molar refractivity (Wildman–Crippen MR) is 78.2 cm³/mol. The van der Waals surface area contributed by atoms with E-state index in [1.165, 1.54) is 6.07 Å². The van der Waals surface area contributed by atoms with Gasteiger partial charge in [0.2, 0.25) is 0 Å². The Labute approximate surface area is 127 Å². The lowest BCUT2D eigenvalue weighted by Gasteiger charge is -2.26. The minimum Gasteiger partial charge on any atom is -0.397 e. The molecule has 0 aliphatic rings. The van der Waals surface area contributed by atoms with E-state index in [1.807, 2.05) is 20.8 Å². The highest BCUT2D eigenvalue weighted by Gasteiger charge is 2.34. The van der Waals surface area contributed by atoms with Crippen molar-refractivity contribution in [3.63, 3.8) is 0 Å². The molecule has 120 valence electrons. The fourth-order valence-electron chi connectivity index (χ4n) is 1.68. The highest BCUT2D eigenvalue weighted by molar-refractivity contribution is 6.33. The van der Waals surface area contributed by atoms with E-state index < -0.39 is 23.5 Å². The number of halogens is 4. The molecule has 1 rings (SSSR count). The van der Waals surface area contributed by atoms with Crippen LogP contribution in [0.3, 0.4) is 0 Å². The van der Waals surface area contributed by atoms with Crippen LogP contribution in [0.4, 0.5) is 18.9 Å². The quantitative estimate of drug-likeness (QED) is 0.723. The number of hydrogen-bond donors (Lipinski definition) is 3. The van der Waals surface area contributed by atoms with Crippen molar-refractivity contribution < 1.29 is 18.3 Å². The van der Waals surface area contributed by atoms with E-state index in [0.717, 1.165) is 12.5 Å². The SMILES string of the molecule is CCC(C)(C)NCC(O)c1cc(Cl)c(N)c(C(F)(F)F)c1. The van der Waals surface area contributed by atoms with Gasteiger partial charge in [0.25, 0.3) is 0 Å². The fourth-order valence-corrected chi connectivity index (χ4v) is 1.91. The summed E-state index contributed by atoms with van der Waals surface area (Å²) >= 11 is 5.73. The average molecular weight is 325 g/mol. The molecule has 4 N–H and O–H groups in total. The predicted octanol–water partition coefficient (Wildman–Crippen LogP) is 3.75. The third kappa shape index (κ3) is 4.76. The van der Waals surface area contributed by atoms with Gasteiger partial charge in [-0.3, -0.25) is 0 Å². The average Bonchev–Trinajstić information content (AvgIpc) is 2.37. The molecular formula is C14H20ClF3N2O. The third-order valence-corrected chi connectivity index (χ3v) is 3.81. The zero-order valence-corrected chi connectivity index (χ0v) is 12.9. The van der Waals surface area contributed by atoms with Gasteiger partial charge in [0.1, 0.15) is 0 Å². The normalized spacial score (nSPS) is 14.3. The standard InChI is InChI=1S/C14H20ClF3N2O/c1-4-13(2,3)20-7-11(21)8-5-9(14(16,17)18)12(19)10(15)6-8/h5-6,11,20-21H,4,7,19H2,1-3H3. The van der Waals surface area contributed by atoms with E-state index >= 15 is 0 Å². The largest absolute Gasteiger partial charge is 0.418 e. The summed E-state index contributed by atoms with van der Waals surface area (Å²) in [7, 11) is 0. The van der Waals surface area contributed by atoms with E-state index in [0.29, 0.717) is 0 Å². The molecule has 0 aromatic heterocycles. The first-order valence-corrected chi connectivity index (χ1v) is 6.95. The van der Waals surface area contributed by atoms with Gasteiger partial charge in [-0.15, -0.1) is 0 Å². The minimum atomic E-state index is -4.61. The fraction of sp³-hybridized carbons (Fsp3) is 0.571. The molecule has 0 aliphatic heterocycles. The van der Waals surface area contributed by atoms with Gasteiger partial charge in [0.05, 0.1) is 22.4 Å². The molecule has 0 saturated heterocycles. The Kier molecular flexibility index (Phi) is 5.52. The summed E-state index contributed by atoms with van der Waals surface area (Å²) < 4.78 is 38.6. The maximum atomic E-state index is 12.9. The Morgan fingerprint density at radius 2 is 1.90 bits per heavy atom. The third-order valence-electron chi connectivity index (χ3n) is 3.50. The number of aliphatic hydroxyl groups is 1. The summed E-state index contributed by atoms with van der Waals surface area (Å²) in [4.78, 5) is 0. The zero-order valence-electron chi connectivity index (χ0n) is 12.2. The summed E-state index contributed by atoms with van der Waals surface area (Å²) in [6.07, 6.45) is -4.90. The van der Waals surface area contributed by atoms with Gasteiger partial charge in [-0.1, -0.05) is 18.5 Å². The van der Waals surface area contributed by atoms with Crippen LogP contribution in [0.5, 0.6) is 0 Å². The van der Waals surface area contributed by atoms with Gasteiger partial charge in [0, 0.05) is 12.1 Å². The minimum absolute atomic E-state index is 0.0842. The number of rotatable bonds is 5. The van der Waals surface area contributed by atoms with Crippen LogP contribution in [0.15, 0.2) is 12.1 Å². The summed E-state index contributed by atoms with van der Waals surface area (Å²) in [6.45, 7) is 5.98. The lowest BCUT2D eigenvalue weighted by Crippen LogP contribution is -2.40. The maximum Gasteiger partial charge on any atom is 0.418 e. The number of nitrogen functional groups attached to an aromatic ring is 1. The lowest BCUT2D eigenvalue weighted by atomic mass is 10.00. The summed E-state index contributed by atoms with van der Waals surface area (Å²) in [5, 5.41) is 12.9. The molecule has 7 heteroatoms. The van der Waals surface area contributed by atoms with Gasteiger partial charge >= 0.3 is 6.18 Å². The Hall–Kier alpha value is -0.980. The molecule has 0 bridgehead atoms. The van der Waals surface area contributed by atoms with Crippen molar-refractivity contribution in [1.82, 2.24) is 5.32 Å². The lowest BCUT2D eigenvalue weighted by molar-refractivity contribution is -0.137. The maximum absolute atomic E-state index is 12.9. The van der Waals surface area contributed by atoms with Gasteiger partial charge in [-0.2, -0.15) is 13.2 Å².